The Labute approximate surface area is 224 Å². The lowest BCUT2D eigenvalue weighted by Crippen LogP contribution is -2.41. The van der Waals surface area contributed by atoms with Crippen LogP contribution >= 0.6 is 22.9 Å². The summed E-state index contributed by atoms with van der Waals surface area (Å²) in [7, 11) is 0. The molecule has 2 saturated heterocycles. The van der Waals surface area contributed by atoms with Crippen molar-refractivity contribution in [3.05, 3.63) is 60.2 Å². The molecule has 4 heterocycles. The van der Waals surface area contributed by atoms with Crippen LogP contribution in [0.25, 0.3) is 11.3 Å². The maximum Gasteiger partial charge on any atom is 0.278 e. The summed E-state index contributed by atoms with van der Waals surface area (Å²) in [5.74, 6) is -0.338. The Morgan fingerprint density at radius 3 is 2.53 bits per heavy atom. The molecule has 0 unspecified atom stereocenters. The Morgan fingerprint density at radius 1 is 1.03 bits per heavy atom. The lowest BCUT2D eigenvalue weighted by atomic mass is 10.1. The predicted molar refractivity (Wildman–Crippen MR) is 148 cm³/mol. The number of anilines is 3. The molecule has 0 aliphatic carbocycles. The molecule has 0 saturated carbocycles. The average molecular weight is 600 g/mol. The summed E-state index contributed by atoms with van der Waals surface area (Å²) in [5, 5.41) is 2.93. The lowest BCUT2D eigenvalue weighted by Gasteiger charge is -2.31. The largest absolute Gasteiger partial charge is 0.382 e. The van der Waals surface area contributed by atoms with Crippen molar-refractivity contribution in [3.63, 3.8) is 0 Å². The second-order valence-electron chi connectivity index (χ2n) is 8.82. The van der Waals surface area contributed by atoms with Gasteiger partial charge in [-0.2, -0.15) is 0 Å². The number of aromatic nitrogens is 3. The van der Waals surface area contributed by atoms with Crippen LogP contribution in [0.1, 0.15) is 16.1 Å². The van der Waals surface area contributed by atoms with Gasteiger partial charge in [0.15, 0.2) is 11.5 Å². The molecule has 2 aliphatic rings. The van der Waals surface area contributed by atoms with E-state index in [0.29, 0.717) is 24.6 Å². The number of halogens is 1. The molecule has 2 fully saturated rings. The van der Waals surface area contributed by atoms with Crippen LogP contribution in [0.5, 0.6) is 0 Å². The van der Waals surface area contributed by atoms with Gasteiger partial charge in [0.1, 0.15) is 0 Å². The number of nitrogens with two attached hydrogens (primary N) is 1. The highest BCUT2D eigenvalue weighted by molar-refractivity contribution is 14.1. The van der Waals surface area contributed by atoms with Crippen LogP contribution in [0.4, 0.5) is 17.2 Å². The van der Waals surface area contributed by atoms with Crippen molar-refractivity contribution in [2.24, 2.45) is 0 Å². The van der Waals surface area contributed by atoms with Crippen molar-refractivity contribution in [1.29, 1.82) is 0 Å². The highest BCUT2D eigenvalue weighted by atomic mass is 127. The number of nitrogen functional groups attached to an aromatic ring is 1. The molecule has 11 heteroatoms. The van der Waals surface area contributed by atoms with Gasteiger partial charge in [0, 0.05) is 80.4 Å². The van der Waals surface area contributed by atoms with Gasteiger partial charge in [-0.1, -0.05) is 24.3 Å². The molecule has 5 rings (SSSR count). The fourth-order valence-electron chi connectivity index (χ4n) is 4.37. The predicted octanol–water partition coefficient (Wildman–Crippen LogP) is 2.68. The summed E-state index contributed by atoms with van der Waals surface area (Å²) in [6.07, 6.45) is 4.95. The quantitative estimate of drug-likeness (QED) is 0.326. The highest BCUT2D eigenvalue weighted by Gasteiger charge is 2.20. The van der Waals surface area contributed by atoms with Crippen molar-refractivity contribution in [2.75, 3.05) is 68.4 Å². The standard InChI is InChI=1S/C25H29IN8O2/c26-34-9-7-32(8-10-34)17-18-1-3-19(4-2-18)20-16-29-24(27)23(30-20)25(35)31-21-15-28-6-5-22(21)33-11-13-36-14-12-33/h1-6,15-16H,7-14,17H2,(H2,27,29)(H,31,35). The van der Waals surface area contributed by atoms with E-state index in [1.54, 1.807) is 18.6 Å². The van der Waals surface area contributed by atoms with Crippen LogP contribution in [0.15, 0.2) is 48.9 Å². The molecule has 36 heavy (non-hydrogen) atoms. The first-order valence-electron chi connectivity index (χ1n) is 12.0. The van der Waals surface area contributed by atoms with Gasteiger partial charge in [0.05, 0.1) is 42.7 Å². The molecule has 1 aromatic carbocycles. The van der Waals surface area contributed by atoms with Gasteiger partial charge in [-0.05, 0) is 11.6 Å². The Hall–Kier alpha value is -2.87. The fourth-order valence-corrected chi connectivity index (χ4v) is 4.80. The van der Waals surface area contributed by atoms with Crippen LogP contribution in [-0.4, -0.2) is 81.4 Å². The molecule has 0 bridgehead atoms. The lowest BCUT2D eigenvalue weighted by molar-refractivity contribution is 0.102. The second kappa shape index (κ2) is 11.5. The van der Waals surface area contributed by atoms with E-state index in [1.165, 1.54) is 5.56 Å². The van der Waals surface area contributed by atoms with E-state index in [-0.39, 0.29) is 11.5 Å². The molecule has 2 aromatic heterocycles. The van der Waals surface area contributed by atoms with Crippen LogP contribution in [-0.2, 0) is 11.3 Å². The summed E-state index contributed by atoms with van der Waals surface area (Å²) < 4.78 is 7.77. The first kappa shape index (κ1) is 24.8. The van der Waals surface area contributed by atoms with Gasteiger partial charge in [-0.3, -0.25) is 14.7 Å². The Kier molecular flexibility index (Phi) is 7.90. The van der Waals surface area contributed by atoms with Crippen molar-refractivity contribution in [1.82, 2.24) is 23.0 Å². The number of nitrogens with one attached hydrogen (secondary N) is 1. The normalized spacial score (nSPS) is 17.2. The first-order valence-corrected chi connectivity index (χ1v) is 13.0. The molecule has 3 aromatic rings. The number of carbonyl (C=O) groups is 1. The van der Waals surface area contributed by atoms with Crippen molar-refractivity contribution >= 4 is 46.0 Å². The van der Waals surface area contributed by atoms with E-state index in [0.717, 1.165) is 57.1 Å². The van der Waals surface area contributed by atoms with E-state index in [9.17, 15) is 4.79 Å². The Balaban J connectivity index is 1.30. The molecule has 0 radical (unpaired) electrons. The molecule has 0 spiro atoms. The van der Waals surface area contributed by atoms with Gasteiger partial charge in [0.2, 0.25) is 0 Å². The number of benzene rings is 1. The maximum atomic E-state index is 13.2. The Bertz CT molecular complexity index is 1190. The minimum atomic E-state index is -0.421. The van der Waals surface area contributed by atoms with Gasteiger partial charge in [-0.15, -0.1) is 0 Å². The SMILES string of the molecule is Nc1ncc(-c2ccc(CN3CCN(I)CC3)cc2)nc1C(=O)Nc1cnccc1N1CCOCC1. The van der Waals surface area contributed by atoms with Gasteiger partial charge in [-0.25, -0.2) is 13.1 Å². The smallest absolute Gasteiger partial charge is 0.278 e. The van der Waals surface area contributed by atoms with Crippen molar-refractivity contribution < 1.29 is 9.53 Å². The summed E-state index contributed by atoms with van der Waals surface area (Å²) >= 11 is 2.38. The monoisotopic (exact) mass is 600 g/mol. The summed E-state index contributed by atoms with van der Waals surface area (Å²) in [4.78, 5) is 30.8. The Morgan fingerprint density at radius 2 is 1.78 bits per heavy atom. The number of hydrogen-bond donors (Lipinski definition) is 2. The van der Waals surface area contributed by atoms with E-state index in [2.05, 4.69) is 68.2 Å². The molecule has 10 nitrogen and oxygen atoms in total. The number of nitrogens with zero attached hydrogens (tertiary/aromatic N) is 6. The van der Waals surface area contributed by atoms with Crippen molar-refractivity contribution in [2.45, 2.75) is 6.54 Å². The third-order valence-electron chi connectivity index (χ3n) is 6.39. The number of pyridine rings is 1. The van der Waals surface area contributed by atoms with Crippen LogP contribution in [0.2, 0.25) is 0 Å². The van der Waals surface area contributed by atoms with E-state index in [4.69, 9.17) is 10.5 Å². The number of amides is 1. The summed E-state index contributed by atoms with van der Waals surface area (Å²) in [6.45, 7) is 7.99. The van der Waals surface area contributed by atoms with Crippen LogP contribution in [0.3, 0.4) is 0 Å². The number of carbonyl (C=O) groups excluding carboxylic acids is 1. The molecule has 2 aliphatic heterocycles. The summed E-state index contributed by atoms with van der Waals surface area (Å²) in [5.41, 5.74) is 10.4. The maximum absolute atomic E-state index is 13.2. The third kappa shape index (κ3) is 5.91. The fraction of sp³-hybridized carbons (Fsp3) is 0.360. The molecule has 0 atom stereocenters. The first-order chi connectivity index (χ1) is 17.6. The number of piperazine rings is 1. The minimum absolute atomic E-state index is 0.0825. The molecule has 3 N–H and O–H groups in total. The molecule has 1 amide bonds. The average Bonchev–Trinajstić information content (AvgIpc) is 2.91. The number of morpholine rings is 1. The van der Waals surface area contributed by atoms with E-state index < -0.39 is 5.91 Å². The van der Waals surface area contributed by atoms with Crippen LogP contribution < -0.4 is 16.0 Å². The summed E-state index contributed by atoms with van der Waals surface area (Å²) in [6, 6.07) is 10.1. The number of hydrogen-bond acceptors (Lipinski definition) is 9. The minimum Gasteiger partial charge on any atom is -0.382 e. The number of rotatable bonds is 6. The highest BCUT2D eigenvalue weighted by Crippen LogP contribution is 2.27. The number of ether oxygens (including phenoxy) is 1. The van der Waals surface area contributed by atoms with Gasteiger partial charge >= 0.3 is 0 Å². The van der Waals surface area contributed by atoms with Crippen molar-refractivity contribution in [3.8, 4) is 11.3 Å². The molecular formula is C25H29IN8O2. The zero-order chi connectivity index (χ0) is 24.9. The van der Waals surface area contributed by atoms with E-state index in [1.807, 2.05) is 18.2 Å². The third-order valence-corrected chi connectivity index (χ3v) is 7.35. The topological polar surface area (TPSA) is 113 Å². The van der Waals surface area contributed by atoms with Crippen LogP contribution in [0, 0.1) is 0 Å². The molecular weight excluding hydrogens is 571 g/mol. The zero-order valence-corrected chi connectivity index (χ0v) is 22.1. The van der Waals surface area contributed by atoms with E-state index >= 15 is 0 Å². The second-order valence-corrected chi connectivity index (χ2v) is 10.2. The molecule has 188 valence electrons. The van der Waals surface area contributed by atoms with Gasteiger partial charge < -0.3 is 20.7 Å². The zero-order valence-electron chi connectivity index (χ0n) is 19.9. The van der Waals surface area contributed by atoms with Gasteiger partial charge in [0.25, 0.3) is 5.91 Å².